The second kappa shape index (κ2) is 3.32. The highest BCUT2D eigenvalue weighted by Crippen LogP contribution is 2.41. The molecule has 1 aliphatic rings. The summed E-state index contributed by atoms with van der Waals surface area (Å²) in [6, 6.07) is 0. The summed E-state index contributed by atoms with van der Waals surface area (Å²) < 4.78 is 5.03. The summed E-state index contributed by atoms with van der Waals surface area (Å²) in [4.78, 5) is 10.9. The van der Waals surface area contributed by atoms with Gasteiger partial charge < -0.3 is 9.84 Å². The monoisotopic (exact) mass is 196 g/mol. The zero-order chi connectivity index (χ0) is 10.1. The van der Waals surface area contributed by atoms with Crippen LogP contribution in [-0.4, -0.2) is 28.4 Å². The number of ether oxygens (including phenoxy) is 1. The molecule has 14 heavy (non-hydrogen) atoms. The molecule has 1 heterocycles. The van der Waals surface area contributed by atoms with Gasteiger partial charge in [0.2, 0.25) is 5.88 Å². The first-order valence-electron chi connectivity index (χ1n) is 4.59. The molecule has 0 amide bonds. The third kappa shape index (κ3) is 1.25. The van der Waals surface area contributed by atoms with Gasteiger partial charge in [-0.15, -0.1) is 5.10 Å². The van der Waals surface area contributed by atoms with E-state index >= 15 is 0 Å². The van der Waals surface area contributed by atoms with Crippen molar-refractivity contribution in [2.45, 2.75) is 25.2 Å². The van der Waals surface area contributed by atoms with Gasteiger partial charge in [-0.25, -0.2) is 4.79 Å². The first-order valence-corrected chi connectivity index (χ1v) is 4.59. The number of methoxy groups -OCH3 is 1. The topological polar surface area (TPSA) is 75.2 Å². The number of nitrogens with one attached hydrogen (secondary N) is 1. The molecule has 0 aromatic carbocycles. The van der Waals surface area contributed by atoms with Crippen molar-refractivity contribution >= 4 is 5.97 Å². The van der Waals surface area contributed by atoms with Crippen LogP contribution in [0.5, 0.6) is 5.88 Å². The molecule has 1 aliphatic carbocycles. The molecular formula is C9H12N2O3. The maximum absolute atomic E-state index is 10.9. The van der Waals surface area contributed by atoms with Gasteiger partial charge in [-0.3, -0.25) is 5.10 Å². The minimum absolute atomic E-state index is 0.173. The Kier molecular flexibility index (Phi) is 2.15. The lowest BCUT2D eigenvalue weighted by molar-refractivity contribution is 0.0687. The third-order valence-electron chi connectivity index (χ3n) is 2.69. The second-order valence-corrected chi connectivity index (χ2v) is 3.45. The number of carbonyl (C=O) groups is 1. The molecule has 2 rings (SSSR count). The lowest BCUT2D eigenvalue weighted by Crippen LogP contribution is -2.13. The van der Waals surface area contributed by atoms with Gasteiger partial charge in [0.15, 0.2) is 5.69 Å². The summed E-state index contributed by atoms with van der Waals surface area (Å²) in [5.41, 5.74) is 0.901. The van der Waals surface area contributed by atoms with Crippen LogP contribution in [-0.2, 0) is 0 Å². The van der Waals surface area contributed by atoms with Crippen molar-refractivity contribution < 1.29 is 14.6 Å². The van der Waals surface area contributed by atoms with E-state index in [1.165, 1.54) is 7.11 Å². The van der Waals surface area contributed by atoms with Crippen molar-refractivity contribution in [2.75, 3.05) is 7.11 Å². The molecule has 76 valence electrons. The Morgan fingerprint density at radius 1 is 1.64 bits per heavy atom. The normalized spacial score (nSPS) is 16.4. The molecule has 1 fully saturated rings. The molecular weight excluding hydrogens is 184 g/mol. The average Bonchev–Trinajstić information content (AvgIpc) is 2.45. The standard InChI is InChI=1S/C9H12N2O3/c1-14-8-6(5-3-2-4-5)7(9(12)13)10-11-8/h5H,2-4H2,1H3,(H,10,11)(H,12,13). The zero-order valence-electron chi connectivity index (χ0n) is 7.91. The molecule has 0 bridgehead atoms. The number of carboxylic acids is 1. The smallest absolute Gasteiger partial charge is 0.354 e. The van der Waals surface area contributed by atoms with Crippen LogP contribution < -0.4 is 4.74 Å². The predicted octanol–water partition coefficient (Wildman–Crippen LogP) is 1.38. The summed E-state index contributed by atoms with van der Waals surface area (Å²) in [5.74, 6) is -0.246. The van der Waals surface area contributed by atoms with Crippen molar-refractivity contribution in [3.63, 3.8) is 0 Å². The Morgan fingerprint density at radius 2 is 2.36 bits per heavy atom. The highest BCUT2D eigenvalue weighted by molar-refractivity contribution is 5.88. The van der Waals surface area contributed by atoms with Crippen molar-refractivity contribution in [3.05, 3.63) is 11.3 Å². The van der Waals surface area contributed by atoms with E-state index in [1.54, 1.807) is 0 Å². The zero-order valence-corrected chi connectivity index (χ0v) is 7.91. The Bertz CT molecular complexity index is 355. The Hall–Kier alpha value is -1.52. The van der Waals surface area contributed by atoms with Crippen LogP contribution in [0.3, 0.4) is 0 Å². The van der Waals surface area contributed by atoms with E-state index in [2.05, 4.69) is 10.2 Å². The third-order valence-corrected chi connectivity index (χ3v) is 2.69. The Balaban J connectivity index is 2.40. The number of hydrogen-bond donors (Lipinski definition) is 2. The number of H-pyrrole nitrogens is 1. The Morgan fingerprint density at radius 3 is 2.79 bits per heavy atom. The van der Waals surface area contributed by atoms with Crippen LogP contribution in [0.4, 0.5) is 0 Å². The first-order chi connectivity index (χ1) is 6.74. The fourth-order valence-corrected chi connectivity index (χ4v) is 1.73. The molecule has 0 unspecified atom stereocenters. The van der Waals surface area contributed by atoms with Gasteiger partial charge in [0.1, 0.15) is 0 Å². The fourth-order valence-electron chi connectivity index (χ4n) is 1.73. The van der Waals surface area contributed by atoms with Crippen molar-refractivity contribution in [2.24, 2.45) is 0 Å². The van der Waals surface area contributed by atoms with Gasteiger partial charge in [-0.1, -0.05) is 6.42 Å². The number of aromatic nitrogens is 2. The van der Waals surface area contributed by atoms with Crippen LogP contribution in [0.15, 0.2) is 0 Å². The van der Waals surface area contributed by atoms with E-state index in [-0.39, 0.29) is 5.69 Å². The molecule has 5 heteroatoms. The van der Waals surface area contributed by atoms with Gasteiger partial charge in [-0.05, 0) is 18.8 Å². The number of aromatic amines is 1. The van der Waals surface area contributed by atoms with Crippen LogP contribution in [0, 0.1) is 0 Å². The molecule has 2 N–H and O–H groups in total. The van der Waals surface area contributed by atoms with Crippen molar-refractivity contribution in [1.82, 2.24) is 10.2 Å². The fraction of sp³-hybridized carbons (Fsp3) is 0.556. The van der Waals surface area contributed by atoms with Crippen LogP contribution in [0.25, 0.3) is 0 Å². The second-order valence-electron chi connectivity index (χ2n) is 3.45. The maximum atomic E-state index is 10.9. The van der Waals surface area contributed by atoms with Crippen molar-refractivity contribution in [1.29, 1.82) is 0 Å². The summed E-state index contributed by atoms with van der Waals surface area (Å²) in [6.07, 6.45) is 3.20. The lowest BCUT2D eigenvalue weighted by atomic mass is 9.80. The Labute approximate surface area is 81.1 Å². The van der Waals surface area contributed by atoms with Gasteiger partial charge in [0.25, 0.3) is 0 Å². The molecule has 0 aliphatic heterocycles. The summed E-state index contributed by atoms with van der Waals surface area (Å²) >= 11 is 0. The SMILES string of the molecule is COc1n[nH]c(C(=O)O)c1C1CCC1. The highest BCUT2D eigenvalue weighted by atomic mass is 16.5. The number of nitrogens with zero attached hydrogens (tertiary/aromatic N) is 1. The summed E-state index contributed by atoms with van der Waals surface area (Å²) in [7, 11) is 1.50. The number of carboxylic acid groups (broad SMARTS) is 1. The number of aromatic carboxylic acids is 1. The molecule has 0 atom stereocenters. The molecule has 0 spiro atoms. The average molecular weight is 196 g/mol. The van der Waals surface area contributed by atoms with E-state index < -0.39 is 5.97 Å². The summed E-state index contributed by atoms with van der Waals surface area (Å²) in [5, 5.41) is 15.2. The van der Waals surface area contributed by atoms with E-state index in [4.69, 9.17) is 9.84 Å². The van der Waals surface area contributed by atoms with Crippen molar-refractivity contribution in [3.8, 4) is 5.88 Å². The predicted molar refractivity (Wildman–Crippen MR) is 48.7 cm³/mol. The molecule has 0 radical (unpaired) electrons. The van der Waals surface area contributed by atoms with Crippen LogP contribution >= 0.6 is 0 Å². The molecule has 0 saturated heterocycles. The van der Waals surface area contributed by atoms with E-state index in [9.17, 15) is 4.79 Å². The van der Waals surface area contributed by atoms with Gasteiger partial charge in [0, 0.05) is 0 Å². The van der Waals surface area contributed by atoms with Gasteiger partial charge in [0.05, 0.1) is 12.7 Å². The minimum atomic E-state index is -0.970. The quantitative estimate of drug-likeness (QED) is 0.765. The molecule has 1 aromatic heterocycles. The lowest BCUT2D eigenvalue weighted by Gasteiger charge is -2.25. The molecule has 5 nitrogen and oxygen atoms in total. The molecule has 1 aromatic rings. The minimum Gasteiger partial charge on any atom is -0.480 e. The first kappa shape index (κ1) is 9.05. The van der Waals surface area contributed by atoms with Gasteiger partial charge in [-0.2, -0.15) is 0 Å². The number of hydrogen-bond acceptors (Lipinski definition) is 3. The largest absolute Gasteiger partial charge is 0.480 e. The highest BCUT2D eigenvalue weighted by Gasteiger charge is 2.30. The van der Waals surface area contributed by atoms with Crippen LogP contribution in [0.2, 0.25) is 0 Å². The van der Waals surface area contributed by atoms with Gasteiger partial charge >= 0.3 is 5.97 Å². The maximum Gasteiger partial charge on any atom is 0.354 e. The van der Waals surface area contributed by atoms with E-state index in [0.717, 1.165) is 24.8 Å². The number of rotatable bonds is 3. The van der Waals surface area contributed by atoms with Crippen LogP contribution in [0.1, 0.15) is 41.2 Å². The van der Waals surface area contributed by atoms with E-state index in [0.29, 0.717) is 11.8 Å². The molecule has 1 saturated carbocycles. The summed E-state index contributed by atoms with van der Waals surface area (Å²) in [6.45, 7) is 0. The van der Waals surface area contributed by atoms with E-state index in [1.807, 2.05) is 0 Å².